The number of amides is 2. The van der Waals surface area contributed by atoms with E-state index in [1.54, 1.807) is 70.2 Å². The topological polar surface area (TPSA) is 351 Å². The van der Waals surface area contributed by atoms with Crippen molar-refractivity contribution in [2.45, 2.75) is 112 Å². The van der Waals surface area contributed by atoms with Crippen LogP contribution in [-0.2, 0) is 73.9 Å². The molecule has 23 nitrogen and oxygen atoms in total. The van der Waals surface area contributed by atoms with Crippen molar-refractivity contribution in [3.8, 4) is 17.2 Å². The zero-order chi connectivity index (χ0) is 65.8. The molecule has 4 aromatic carbocycles. The first-order chi connectivity index (χ1) is 43.0. The minimum Gasteiger partial charge on any atom is -0.744 e. The van der Waals surface area contributed by atoms with E-state index in [1.165, 1.54) is 30.3 Å². The summed E-state index contributed by atoms with van der Waals surface area (Å²) >= 11 is 0. The molecule has 0 saturated carbocycles. The summed E-state index contributed by atoms with van der Waals surface area (Å²) in [6.45, 7) is 7.25. The number of rotatable bonds is 31. The van der Waals surface area contributed by atoms with E-state index < -0.39 is 73.7 Å². The number of anilines is 2. The van der Waals surface area contributed by atoms with Gasteiger partial charge in [0.15, 0.2) is 5.71 Å². The molecule has 0 bridgehead atoms. The molecule has 482 valence electrons. The van der Waals surface area contributed by atoms with Gasteiger partial charge in [0.2, 0.25) is 17.5 Å². The van der Waals surface area contributed by atoms with E-state index in [0.29, 0.717) is 110 Å². The van der Waals surface area contributed by atoms with Gasteiger partial charge in [-0.3, -0.25) is 27.9 Å². The van der Waals surface area contributed by atoms with E-state index in [2.05, 4.69) is 32.1 Å². The SMILES string of the molecule is CC1(C)C(C=CC=CC=C2N(CCCCCC(=O)NCCn3cc(-c4ccc(NC(=O)C(NCCc5ccc(C#N)cc5)c5ccccc5)nc4)cn3)c3ccc(S(=O)(=O)O)cc3C2(C)CCCCS(=O)(=O)O)=[N+](CCCS(=O)(=O)O)c2ccc(S(=O)(=O)[O-])cc21. The second-order valence-corrected chi connectivity index (χ2v) is 29.0. The molecule has 4 heterocycles. The third kappa shape index (κ3) is 18.4. The lowest BCUT2D eigenvalue weighted by atomic mass is 9.77. The molecule has 8 rings (SSSR count). The minimum atomic E-state index is -4.82. The molecular weight excluding hydrogens is 1250 g/mol. The third-order valence-corrected chi connectivity index (χ3v) is 19.5. The van der Waals surface area contributed by atoms with Crippen LogP contribution in [0.25, 0.3) is 11.1 Å². The molecule has 0 fully saturated rings. The summed E-state index contributed by atoms with van der Waals surface area (Å²) < 4.78 is 141. The number of pyridine rings is 1. The largest absolute Gasteiger partial charge is 0.744 e. The number of carbonyl (C=O) groups excluding carboxylic acids is 2. The van der Waals surface area contributed by atoms with E-state index >= 15 is 0 Å². The van der Waals surface area contributed by atoms with Gasteiger partial charge in [-0.15, -0.1) is 0 Å². The highest BCUT2D eigenvalue weighted by atomic mass is 32.2. The van der Waals surface area contributed by atoms with Gasteiger partial charge >= 0.3 is 0 Å². The monoisotopic (exact) mass is 1320 g/mol. The first-order valence-corrected chi connectivity index (χ1v) is 35.6. The number of nitrogens with one attached hydrogen (secondary N) is 3. The van der Waals surface area contributed by atoms with Crippen LogP contribution in [0, 0.1) is 11.3 Å². The number of carbonyl (C=O) groups is 2. The molecule has 27 heteroatoms. The Morgan fingerprint density at radius 3 is 2.14 bits per heavy atom. The average molecular weight is 1320 g/mol. The summed E-state index contributed by atoms with van der Waals surface area (Å²) in [4.78, 5) is 32.5. The number of fused-ring (bicyclic) bond motifs is 2. The normalized spacial score (nSPS) is 16.5. The van der Waals surface area contributed by atoms with E-state index in [9.17, 15) is 61.5 Å². The minimum absolute atomic E-state index is 0.0146. The molecule has 0 spiro atoms. The van der Waals surface area contributed by atoms with Crippen LogP contribution in [-0.4, -0.2) is 126 Å². The number of aromatic nitrogens is 3. The van der Waals surface area contributed by atoms with Crippen molar-refractivity contribution in [2.75, 3.05) is 47.9 Å². The maximum Gasteiger partial charge on any atom is 0.294 e. The van der Waals surface area contributed by atoms with Gasteiger partial charge in [-0.2, -0.15) is 40.2 Å². The van der Waals surface area contributed by atoms with Crippen molar-refractivity contribution in [1.29, 1.82) is 5.26 Å². The van der Waals surface area contributed by atoms with Gasteiger partial charge < -0.3 is 25.4 Å². The zero-order valence-corrected chi connectivity index (χ0v) is 53.7. The van der Waals surface area contributed by atoms with Crippen LogP contribution in [0.15, 0.2) is 168 Å². The molecule has 0 saturated heterocycles. The fraction of sp³-hybridized carbons (Fsp3) is 0.344. The quantitative estimate of drug-likeness (QED) is 0.0103. The average Bonchev–Trinajstić information content (AvgIpc) is 1.60. The standard InChI is InChI=1S/C64H73N9O14S4/c1-63(2)53-40-51(90(82,83)84)26-28-55(53)72(36-15-39-89(79,80)81)57(63)18-9-5-10-19-58-64(3,32-12-14-38-88(76,77)78)54-41-52(91(85,86)87)27-29-56(54)73(58)35-13-6-11-20-60(74)66-34-37-71-45-50(44-69-71)49-25-30-59(68-43-49)70-62(75)61(48-16-7-4-8-17-48)67-33-31-46-21-23-47(42-65)24-22-46/h4-5,7-10,16-19,21-30,40-41,43-45,61,67H,6,11-15,20,31-39H2,1-3H3,(H5-,66,68,70,74,75,76,77,78,79,80,81,82,83,84,85,86,87). The number of hydrogen-bond acceptors (Lipinski definition) is 16. The summed E-state index contributed by atoms with van der Waals surface area (Å²) in [5.41, 5.74) is 5.70. The van der Waals surface area contributed by atoms with Crippen LogP contribution in [0.5, 0.6) is 0 Å². The highest BCUT2D eigenvalue weighted by molar-refractivity contribution is 7.86. The van der Waals surface area contributed by atoms with Crippen molar-refractivity contribution in [3.63, 3.8) is 0 Å². The zero-order valence-electron chi connectivity index (χ0n) is 50.5. The van der Waals surface area contributed by atoms with Gasteiger partial charge in [0.05, 0.1) is 51.1 Å². The van der Waals surface area contributed by atoms with Crippen LogP contribution >= 0.6 is 0 Å². The second-order valence-electron chi connectivity index (χ2n) is 23.0. The van der Waals surface area contributed by atoms with Gasteiger partial charge in [-0.05, 0) is 130 Å². The highest BCUT2D eigenvalue weighted by Crippen LogP contribution is 2.51. The molecule has 2 aliphatic rings. The molecule has 2 atom stereocenters. The van der Waals surface area contributed by atoms with Crippen LogP contribution in [0.4, 0.5) is 17.2 Å². The lowest BCUT2D eigenvalue weighted by molar-refractivity contribution is -0.437. The molecule has 0 radical (unpaired) electrons. The number of hydrogen-bond donors (Lipinski definition) is 6. The Hall–Kier alpha value is -8.04. The van der Waals surface area contributed by atoms with Gasteiger partial charge in [0.25, 0.3) is 30.4 Å². The van der Waals surface area contributed by atoms with E-state index in [-0.39, 0.29) is 42.5 Å². The molecule has 2 unspecified atom stereocenters. The Bertz CT molecular complexity index is 4280. The fourth-order valence-corrected chi connectivity index (χ4v) is 13.6. The van der Waals surface area contributed by atoms with Gasteiger partial charge in [0.1, 0.15) is 28.5 Å². The number of benzene rings is 4. The molecule has 2 aromatic heterocycles. The van der Waals surface area contributed by atoms with Crippen LogP contribution in [0.2, 0.25) is 0 Å². The lowest BCUT2D eigenvalue weighted by Gasteiger charge is -2.30. The Balaban J connectivity index is 0.891. The van der Waals surface area contributed by atoms with Crippen LogP contribution in [0.1, 0.15) is 106 Å². The highest BCUT2D eigenvalue weighted by Gasteiger charge is 2.46. The van der Waals surface area contributed by atoms with Crippen molar-refractivity contribution >= 4 is 75.2 Å². The number of nitrogens with zero attached hydrogens (tertiary/aromatic N) is 6. The number of unbranched alkanes of at least 4 members (excludes halogenated alkanes) is 3. The molecule has 6 N–H and O–H groups in total. The molecule has 2 amide bonds. The van der Waals surface area contributed by atoms with Gasteiger partial charge in [-0.25, -0.2) is 13.4 Å². The van der Waals surface area contributed by atoms with Crippen molar-refractivity contribution in [1.82, 2.24) is 25.4 Å². The van der Waals surface area contributed by atoms with Gasteiger partial charge in [0, 0.05) is 90.5 Å². The van der Waals surface area contributed by atoms with E-state index in [1.807, 2.05) is 86.5 Å². The third-order valence-electron chi connectivity index (χ3n) is 16.2. The molecule has 0 aliphatic carbocycles. The van der Waals surface area contributed by atoms with E-state index in [4.69, 9.17) is 5.26 Å². The first kappa shape index (κ1) is 68.9. The molecule has 2 aliphatic heterocycles. The summed E-state index contributed by atoms with van der Waals surface area (Å²) in [5.74, 6) is -1.10. The Morgan fingerprint density at radius 2 is 1.46 bits per heavy atom. The van der Waals surface area contributed by atoms with E-state index in [0.717, 1.165) is 22.3 Å². The Labute approximate surface area is 531 Å². The fourth-order valence-electron chi connectivity index (χ4n) is 11.5. The summed E-state index contributed by atoms with van der Waals surface area (Å²) in [7, 11) is -18.1. The van der Waals surface area contributed by atoms with Crippen LogP contribution in [0.3, 0.4) is 0 Å². The molecule has 91 heavy (non-hydrogen) atoms. The Morgan fingerprint density at radius 1 is 0.747 bits per heavy atom. The predicted octanol–water partition coefficient (Wildman–Crippen LogP) is 8.34. The summed E-state index contributed by atoms with van der Waals surface area (Å²) in [5, 5.41) is 22.8. The Kier molecular flexibility index (Phi) is 22.3. The molecular formula is C64H73N9O14S4. The maximum atomic E-state index is 13.6. The van der Waals surface area contributed by atoms with Crippen molar-refractivity contribution in [2.24, 2.45) is 0 Å². The van der Waals surface area contributed by atoms with Crippen LogP contribution < -0.4 is 20.9 Å². The summed E-state index contributed by atoms with van der Waals surface area (Å²) in [6.07, 6.45) is 17.3. The number of nitriles is 1. The maximum absolute atomic E-state index is 13.6. The molecule has 6 aromatic rings. The second kappa shape index (κ2) is 29.5. The smallest absolute Gasteiger partial charge is 0.294 e. The first-order valence-electron chi connectivity index (χ1n) is 29.5. The van der Waals surface area contributed by atoms with Crippen molar-refractivity contribution < 1.29 is 66.0 Å². The number of allylic oxidation sites excluding steroid dienone is 6. The van der Waals surface area contributed by atoms with Gasteiger partial charge in [-0.1, -0.05) is 73.5 Å². The summed E-state index contributed by atoms with van der Waals surface area (Å²) in [6, 6.07) is 30.0. The predicted molar refractivity (Wildman–Crippen MR) is 343 cm³/mol. The lowest BCUT2D eigenvalue weighted by Crippen LogP contribution is -2.34. The van der Waals surface area contributed by atoms with Crippen molar-refractivity contribution in [3.05, 3.63) is 186 Å².